The number of hydrogen-bond donors (Lipinski definition) is 1. The summed E-state index contributed by atoms with van der Waals surface area (Å²) in [6, 6.07) is 1.13. The first-order chi connectivity index (χ1) is 8.42. The van der Waals surface area contributed by atoms with Crippen LogP contribution < -0.4 is 0 Å². The van der Waals surface area contributed by atoms with Crippen molar-refractivity contribution in [2.45, 2.75) is 71.4 Å². The molecule has 3 heteroatoms. The highest BCUT2D eigenvalue weighted by molar-refractivity contribution is 5.91. The Kier molecular flexibility index (Phi) is 2.74. The molecule has 0 radical (unpaired) electrons. The zero-order valence-corrected chi connectivity index (χ0v) is 11.9. The van der Waals surface area contributed by atoms with Crippen molar-refractivity contribution in [3.63, 3.8) is 0 Å². The van der Waals surface area contributed by atoms with Crippen LogP contribution >= 0.6 is 0 Å². The Labute approximate surface area is 110 Å². The Balaban J connectivity index is 1.84. The summed E-state index contributed by atoms with van der Waals surface area (Å²) in [7, 11) is 0. The number of fused-ring (bicyclic) bond motifs is 2. The minimum Gasteiger partial charge on any atom is -0.411 e. The molecular formula is C15H26N2O. The second-order valence-corrected chi connectivity index (χ2v) is 7.89. The summed E-state index contributed by atoms with van der Waals surface area (Å²) < 4.78 is 0. The van der Waals surface area contributed by atoms with Gasteiger partial charge in [0, 0.05) is 12.6 Å². The average molecular weight is 250 g/mol. The monoisotopic (exact) mass is 250 g/mol. The van der Waals surface area contributed by atoms with Gasteiger partial charge in [-0.15, -0.1) is 0 Å². The number of rotatable bonds is 1. The van der Waals surface area contributed by atoms with Gasteiger partial charge in [0.1, 0.15) is 0 Å². The van der Waals surface area contributed by atoms with E-state index < -0.39 is 0 Å². The van der Waals surface area contributed by atoms with Gasteiger partial charge in [-0.25, -0.2) is 0 Å². The summed E-state index contributed by atoms with van der Waals surface area (Å²) in [5.41, 5.74) is 1.99. The van der Waals surface area contributed by atoms with Gasteiger partial charge in [0.2, 0.25) is 0 Å². The molecule has 3 atom stereocenters. The largest absolute Gasteiger partial charge is 0.411 e. The predicted molar refractivity (Wildman–Crippen MR) is 73.1 cm³/mol. The zero-order chi connectivity index (χ0) is 13.0. The molecule has 1 N–H and O–H groups in total. The molecule has 0 aromatic heterocycles. The van der Waals surface area contributed by atoms with Gasteiger partial charge in [0.25, 0.3) is 0 Å². The van der Waals surface area contributed by atoms with E-state index in [4.69, 9.17) is 5.21 Å². The normalized spacial score (nSPS) is 45.8. The molecule has 3 rings (SSSR count). The summed E-state index contributed by atoms with van der Waals surface area (Å²) in [6.07, 6.45) is 7.35. The van der Waals surface area contributed by atoms with Gasteiger partial charge < -0.3 is 5.21 Å². The summed E-state index contributed by atoms with van der Waals surface area (Å²) in [5.74, 6) is 0. The molecule has 0 aromatic rings. The van der Waals surface area contributed by atoms with Gasteiger partial charge in [-0.05, 0) is 49.4 Å². The SMILES string of the molecule is CC1(C)CC2CC(C)(CN2C2CCCC2=NO)C1. The molecule has 0 spiro atoms. The van der Waals surface area contributed by atoms with Crippen LogP contribution in [0, 0.1) is 10.8 Å². The molecule has 2 bridgehead atoms. The fourth-order valence-electron chi connectivity index (χ4n) is 5.15. The fraction of sp³-hybridized carbons (Fsp3) is 0.933. The second kappa shape index (κ2) is 3.96. The van der Waals surface area contributed by atoms with E-state index in [2.05, 4.69) is 30.8 Å². The van der Waals surface area contributed by atoms with E-state index in [1.54, 1.807) is 0 Å². The Bertz CT molecular complexity index is 377. The van der Waals surface area contributed by atoms with Crippen molar-refractivity contribution in [2.75, 3.05) is 6.54 Å². The number of oxime groups is 1. The van der Waals surface area contributed by atoms with Gasteiger partial charge in [-0.2, -0.15) is 0 Å². The lowest BCUT2D eigenvalue weighted by molar-refractivity contribution is 0.124. The van der Waals surface area contributed by atoms with Crippen molar-refractivity contribution in [3.8, 4) is 0 Å². The standard InChI is InChI=1S/C15H26N2O/c1-14(2)7-11-8-15(3,9-14)10-17(11)13-6-4-5-12(13)16-18/h11,13,18H,4-10H2,1-3H3. The third-order valence-corrected chi connectivity index (χ3v) is 5.28. The van der Waals surface area contributed by atoms with Crippen molar-refractivity contribution < 1.29 is 5.21 Å². The number of hydrogen-bond acceptors (Lipinski definition) is 3. The van der Waals surface area contributed by atoms with Gasteiger partial charge >= 0.3 is 0 Å². The van der Waals surface area contributed by atoms with Gasteiger partial charge in [0.05, 0.1) is 11.8 Å². The minimum absolute atomic E-state index is 0.427. The summed E-state index contributed by atoms with van der Waals surface area (Å²) in [4.78, 5) is 2.66. The molecule has 1 saturated heterocycles. The Morgan fingerprint density at radius 2 is 2.06 bits per heavy atom. The van der Waals surface area contributed by atoms with Crippen LogP contribution in [0.25, 0.3) is 0 Å². The van der Waals surface area contributed by atoms with Gasteiger partial charge in [-0.3, -0.25) is 4.90 Å². The average Bonchev–Trinajstić information content (AvgIpc) is 2.78. The number of likely N-dealkylation sites (tertiary alicyclic amines) is 1. The molecule has 2 aliphatic carbocycles. The van der Waals surface area contributed by atoms with Crippen LogP contribution in [-0.4, -0.2) is 34.4 Å². The third-order valence-electron chi connectivity index (χ3n) is 5.28. The Morgan fingerprint density at radius 1 is 1.28 bits per heavy atom. The van der Waals surface area contributed by atoms with Crippen molar-refractivity contribution in [1.29, 1.82) is 0 Å². The van der Waals surface area contributed by atoms with Gasteiger partial charge in [0.15, 0.2) is 0 Å². The lowest BCUT2D eigenvalue weighted by atomic mass is 9.65. The molecule has 18 heavy (non-hydrogen) atoms. The highest BCUT2D eigenvalue weighted by Gasteiger charge is 2.52. The first-order valence-corrected chi connectivity index (χ1v) is 7.39. The Morgan fingerprint density at radius 3 is 2.78 bits per heavy atom. The van der Waals surface area contributed by atoms with Crippen LogP contribution in [0.15, 0.2) is 5.16 Å². The lowest BCUT2D eigenvalue weighted by Crippen LogP contribution is -2.42. The maximum absolute atomic E-state index is 9.17. The van der Waals surface area contributed by atoms with Crippen LogP contribution in [-0.2, 0) is 0 Å². The number of nitrogens with zero attached hydrogens (tertiary/aromatic N) is 2. The van der Waals surface area contributed by atoms with Crippen molar-refractivity contribution in [2.24, 2.45) is 16.0 Å². The van der Waals surface area contributed by atoms with Crippen LogP contribution in [0.2, 0.25) is 0 Å². The third kappa shape index (κ3) is 1.97. The first-order valence-electron chi connectivity index (χ1n) is 7.39. The van der Waals surface area contributed by atoms with E-state index in [-0.39, 0.29) is 0 Å². The van der Waals surface area contributed by atoms with E-state index in [1.165, 1.54) is 38.6 Å². The van der Waals surface area contributed by atoms with Crippen LogP contribution in [0.3, 0.4) is 0 Å². The summed E-state index contributed by atoms with van der Waals surface area (Å²) in [6.45, 7) is 8.48. The fourth-order valence-corrected chi connectivity index (χ4v) is 5.15. The highest BCUT2D eigenvalue weighted by Crippen LogP contribution is 2.53. The minimum atomic E-state index is 0.427. The van der Waals surface area contributed by atoms with E-state index in [0.29, 0.717) is 22.9 Å². The van der Waals surface area contributed by atoms with E-state index in [1.807, 2.05) is 0 Å². The Hall–Kier alpha value is -0.570. The van der Waals surface area contributed by atoms with E-state index in [0.717, 1.165) is 12.1 Å². The molecule has 1 aliphatic heterocycles. The molecule has 0 aromatic carbocycles. The summed E-state index contributed by atoms with van der Waals surface area (Å²) in [5, 5.41) is 12.7. The maximum atomic E-state index is 9.17. The topological polar surface area (TPSA) is 35.8 Å². The van der Waals surface area contributed by atoms with Crippen LogP contribution in [0.1, 0.15) is 59.3 Å². The van der Waals surface area contributed by atoms with Crippen molar-refractivity contribution in [3.05, 3.63) is 0 Å². The molecule has 102 valence electrons. The van der Waals surface area contributed by atoms with E-state index >= 15 is 0 Å². The molecular weight excluding hydrogens is 224 g/mol. The highest BCUT2D eigenvalue weighted by atomic mass is 16.4. The molecule has 2 saturated carbocycles. The second-order valence-electron chi connectivity index (χ2n) is 7.89. The zero-order valence-electron chi connectivity index (χ0n) is 11.9. The quantitative estimate of drug-likeness (QED) is 0.572. The molecule has 3 unspecified atom stereocenters. The molecule has 3 fully saturated rings. The molecule has 3 nitrogen and oxygen atoms in total. The molecule has 1 heterocycles. The first kappa shape index (κ1) is 12.5. The van der Waals surface area contributed by atoms with Crippen LogP contribution in [0.4, 0.5) is 0 Å². The van der Waals surface area contributed by atoms with Crippen molar-refractivity contribution in [1.82, 2.24) is 4.90 Å². The van der Waals surface area contributed by atoms with E-state index in [9.17, 15) is 0 Å². The summed E-state index contributed by atoms with van der Waals surface area (Å²) >= 11 is 0. The molecule has 0 amide bonds. The molecule has 3 aliphatic rings. The predicted octanol–water partition coefficient (Wildman–Crippen LogP) is 3.27. The lowest BCUT2D eigenvalue weighted by Gasteiger charge is -2.40. The maximum Gasteiger partial charge on any atom is 0.0742 e. The van der Waals surface area contributed by atoms with Crippen molar-refractivity contribution >= 4 is 5.71 Å². The van der Waals surface area contributed by atoms with Crippen LogP contribution in [0.5, 0.6) is 0 Å². The van der Waals surface area contributed by atoms with Gasteiger partial charge in [-0.1, -0.05) is 25.9 Å². The smallest absolute Gasteiger partial charge is 0.0742 e.